The second kappa shape index (κ2) is 2.64. The van der Waals surface area contributed by atoms with Crippen LogP contribution in [0.25, 0.3) is 0 Å². The molecule has 70 valence electrons. The Hall–Kier alpha value is -1.70. The fraction of sp³-hybridized carbons (Fsp3) is 0.167. The van der Waals surface area contributed by atoms with Gasteiger partial charge in [0.15, 0.2) is 0 Å². The summed E-state index contributed by atoms with van der Waals surface area (Å²) in [5, 5.41) is 11.6. The van der Waals surface area contributed by atoms with Crippen molar-refractivity contribution in [1.29, 1.82) is 0 Å². The summed E-state index contributed by atoms with van der Waals surface area (Å²) >= 11 is 0. The standard InChI is InChI=1S/C12H11NO/c14-12-6-2-5-11-10-4-1-3-9(10)7-8-13(11)12/h1-6,14H,7-8H2/p-1. The first kappa shape index (κ1) is 7.68. The minimum atomic E-state index is 0.106. The van der Waals surface area contributed by atoms with Crippen LogP contribution in [0.4, 0.5) is 0 Å². The van der Waals surface area contributed by atoms with E-state index in [1.807, 2.05) is 17.1 Å². The molecule has 0 fully saturated rings. The molecule has 0 saturated carbocycles. The Bertz CT molecular complexity index is 435. The largest absolute Gasteiger partial charge is 0.860 e. The predicted molar refractivity (Wildman–Crippen MR) is 52.8 cm³/mol. The summed E-state index contributed by atoms with van der Waals surface area (Å²) in [6.45, 7) is 0.812. The van der Waals surface area contributed by atoms with Crippen molar-refractivity contribution < 1.29 is 5.11 Å². The van der Waals surface area contributed by atoms with Crippen molar-refractivity contribution in [3.8, 4) is 0 Å². The molecule has 0 aromatic rings. The van der Waals surface area contributed by atoms with E-state index in [-0.39, 0.29) is 5.88 Å². The Morgan fingerprint density at radius 2 is 2.00 bits per heavy atom. The fourth-order valence-corrected chi connectivity index (χ4v) is 2.14. The van der Waals surface area contributed by atoms with Crippen LogP contribution in [-0.4, -0.2) is 11.4 Å². The highest BCUT2D eigenvalue weighted by Gasteiger charge is 2.22. The summed E-state index contributed by atoms with van der Waals surface area (Å²) in [4.78, 5) is 1.85. The lowest BCUT2D eigenvalue weighted by Gasteiger charge is -2.38. The van der Waals surface area contributed by atoms with Crippen molar-refractivity contribution >= 4 is 0 Å². The molecular formula is C12H10NO-. The normalized spacial score (nSPS) is 23.3. The van der Waals surface area contributed by atoms with E-state index in [2.05, 4.69) is 18.2 Å². The Morgan fingerprint density at radius 1 is 1.14 bits per heavy atom. The Morgan fingerprint density at radius 3 is 2.93 bits per heavy atom. The monoisotopic (exact) mass is 184 g/mol. The van der Waals surface area contributed by atoms with Gasteiger partial charge in [-0.3, -0.25) is 0 Å². The molecule has 14 heavy (non-hydrogen) atoms. The van der Waals surface area contributed by atoms with Crippen LogP contribution in [0.1, 0.15) is 6.42 Å². The average molecular weight is 184 g/mol. The number of hydrogen-bond acceptors (Lipinski definition) is 2. The maximum Gasteiger partial charge on any atom is 0.0477 e. The lowest BCUT2D eigenvalue weighted by Crippen LogP contribution is -2.34. The van der Waals surface area contributed by atoms with Gasteiger partial charge in [0.2, 0.25) is 0 Å². The average Bonchev–Trinajstić information content (AvgIpc) is 2.66. The zero-order chi connectivity index (χ0) is 9.54. The topological polar surface area (TPSA) is 26.3 Å². The van der Waals surface area contributed by atoms with E-state index in [1.165, 1.54) is 11.1 Å². The summed E-state index contributed by atoms with van der Waals surface area (Å²) in [6, 6.07) is 0. The molecule has 2 nitrogen and oxygen atoms in total. The molecule has 0 spiro atoms. The summed E-state index contributed by atoms with van der Waals surface area (Å²) in [5.41, 5.74) is 3.63. The summed E-state index contributed by atoms with van der Waals surface area (Å²) < 4.78 is 0. The van der Waals surface area contributed by atoms with Gasteiger partial charge in [-0.2, -0.15) is 0 Å². The van der Waals surface area contributed by atoms with Crippen LogP contribution in [0.15, 0.2) is 59.2 Å². The predicted octanol–water partition coefficient (Wildman–Crippen LogP) is 1.21. The van der Waals surface area contributed by atoms with Crippen LogP contribution in [0.2, 0.25) is 0 Å². The van der Waals surface area contributed by atoms with Gasteiger partial charge in [-0.25, -0.2) is 0 Å². The van der Waals surface area contributed by atoms with Crippen LogP contribution < -0.4 is 5.11 Å². The molecule has 2 aliphatic heterocycles. The van der Waals surface area contributed by atoms with E-state index in [0.29, 0.717) is 0 Å². The molecule has 0 aromatic heterocycles. The van der Waals surface area contributed by atoms with E-state index in [4.69, 9.17) is 0 Å². The minimum Gasteiger partial charge on any atom is -0.860 e. The Kier molecular flexibility index (Phi) is 1.45. The quantitative estimate of drug-likeness (QED) is 0.565. The highest BCUT2D eigenvalue weighted by molar-refractivity contribution is 5.56. The molecular weight excluding hydrogens is 174 g/mol. The number of rotatable bonds is 0. The van der Waals surface area contributed by atoms with E-state index in [1.54, 1.807) is 6.08 Å². The zero-order valence-electron chi connectivity index (χ0n) is 7.73. The molecule has 0 radical (unpaired) electrons. The third-order valence-corrected chi connectivity index (χ3v) is 2.84. The molecule has 0 unspecified atom stereocenters. The summed E-state index contributed by atoms with van der Waals surface area (Å²) in [6.07, 6.45) is 12.7. The first-order valence-electron chi connectivity index (χ1n) is 4.81. The van der Waals surface area contributed by atoms with Gasteiger partial charge >= 0.3 is 0 Å². The maximum atomic E-state index is 11.6. The fourth-order valence-electron chi connectivity index (χ4n) is 2.14. The first-order chi connectivity index (χ1) is 6.86. The van der Waals surface area contributed by atoms with Gasteiger partial charge in [-0.1, -0.05) is 30.4 Å². The van der Waals surface area contributed by atoms with Gasteiger partial charge in [-0.05, 0) is 24.0 Å². The van der Waals surface area contributed by atoms with E-state index in [0.717, 1.165) is 18.7 Å². The van der Waals surface area contributed by atoms with Crippen molar-refractivity contribution in [3.05, 3.63) is 59.2 Å². The highest BCUT2D eigenvalue weighted by Crippen LogP contribution is 2.34. The lowest BCUT2D eigenvalue weighted by atomic mass is 9.97. The molecule has 0 N–H and O–H groups in total. The van der Waals surface area contributed by atoms with Gasteiger partial charge in [0.1, 0.15) is 0 Å². The number of nitrogens with zero attached hydrogens (tertiary/aromatic N) is 1. The molecule has 1 aliphatic carbocycles. The lowest BCUT2D eigenvalue weighted by molar-refractivity contribution is -0.329. The second-order valence-electron chi connectivity index (χ2n) is 3.62. The molecule has 3 aliphatic rings. The molecule has 2 heteroatoms. The third-order valence-electron chi connectivity index (χ3n) is 2.84. The zero-order valence-corrected chi connectivity index (χ0v) is 7.73. The molecule has 2 heterocycles. The van der Waals surface area contributed by atoms with Gasteiger partial charge in [0.25, 0.3) is 0 Å². The van der Waals surface area contributed by atoms with Gasteiger partial charge in [-0.15, -0.1) is 0 Å². The number of fused-ring (bicyclic) bond motifs is 2. The molecule has 0 aromatic carbocycles. The van der Waals surface area contributed by atoms with Crippen LogP contribution in [0.5, 0.6) is 0 Å². The third kappa shape index (κ3) is 0.909. The molecule has 0 atom stereocenters. The Labute approximate surface area is 82.8 Å². The summed E-state index contributed by atoms with van der Waals surface area (Å²) in [7, 11) is 0. The second-order valence-corrected chi connectivity index (χ2v) is 3.62. The van der Waals surface area contributed by atoms with Crippen LogP contribution in [0, 0.1) is 0 Å². The van der Waals surface area contributed by atoms with Gasteiger partial charge < -0.3 is 10.0 Å². The smallest absolute Gasteiger partial charge is 0.0477 e. The molecule has 0 bridgehead atoms. The van der Waals surface area contributed by atoms with E-state index in [9.17, 15) is 5.11 Å². The van der Waals surface area contributed by atoms with E-state index >= 15 is 0 Å². The van der Waals surface area contributed by atoms with Crippen LogP contribution in [0.3, 0.4) is 0 Å². The first-order valence-corrected chi connectivity index (χ1v) is 4.81. The molecule has 0 saturated heterocycles. The molecule has 0 amide bonds. The maximum absolute atomic E-state index is 11.6. The SMILES string of the molecule is [O-]C1=CC=CC2=C3C=CC=C3CCN12. The van der Waals surface area contributed by atoms with E-state index < -0.39 is 0 Å². The van der Waals surface area contributed by atoms with Crippen molar-refractivity contribution in [2.75, 3.05) is 6.54 Å². The summed E-state index contributed by atoms with van der Waals surface area (Å²) in [5.74, 6) is 0.106. The van der Waals surface area contributed by atoms with Crippen LogP contribution in [-0.2, 0) is 0 Å². The van der Waals surface area contributed by atoms with Gasteiger partial charge in [0, 0.05) is 17.8 Å². The number of allylic oxidation sites excluding steroid dienone is 7. The minimum absolute atomic E-state index is 0.106. The van der Waals surface area contributed by atoms with Crippen molar-refractivity contribution in [2.45, 2.75) is 6.42 Å². The highest BCUT2D eigenvalue weighted by atomic mass is 16.3. The van der Waals surface area contributed by atoms with Crippen molar-refractivity contribution in [3.63, 3.8) is 0 Å². The Balaban J connectivity index is 2.16. The van der Waals surface area contributed by atoms with Gasteiger partial charge in [0.05, 0.1) is 0 Å². The van der Waals surface area contributed by atoms with Crippen LogP contribution >= 0.6 is 0 Å². The van der Waals surface area contributed by atoms with Crippen molar-refractivity contribution in [1.82, 2.24) is 4.90 Å². The van der Waals surface area contributed by atoms with Crippen molar-refractivity contribution in [2.24, 2.45) is 0 Å². The number of hydrogen-bond donors (Lipinski definition) is 0. The molecule has 3 rings (SSSR count).